The van der Waals surface area contributed by atoms with E-state index in [9.17, 15) is 14.0 Å². The normalized spacial score (nSPS) is 14.3. The van der Waals surface area contributed by atoms with Crippen LogP contribution >= 0.6 is 0 Å². The van der Waals surface area contributed by atoms with Crippen LogP contribution in [0.25, 0.3) is 17.0 Å². The summed E-state index contributed by atoms with van der Waals surface area (Å²) in [5.74, 6) is -1.50. The van der Waals surface area contributed by atoms with Crippen molar-refractivity contribution in [1.82, 2.24) is 14.8 Å². The molecule has 1 aliphatic heterocycles. The molecule has 6 heteroatoms. The molecule has 0 atom stereocenters. The van der Waals surface area contributed by atoms with Gasteiger partial charge in [0.2, 0.25) is 0 Å². The molecule has 154 valence electrons. The number of fused-ring (bicyclic) bond motifs is 1. The molecule has 30 heavy (non-hydrogen) atoms. The van der Waals surface area contributed by atoms with Crippen molar-refractivity contribution < 1.29 is 14.0 Å². The molecule has 2 aromatic carbocycles. The summed E-state index contributed by atoms with van der Waals surface area (Å²) in [6.45, 7) is 4.15. The third-order valence-electron chi connectivity index (χ3n) is 5.45. The van der Waals surface area contributed by atoms with Gasteiger partial charge in [-0.3, -0.25) is 9.59 Å². The average molecular weight is 405 g/mol. The van der Waals surface area contributed by atoms with Crippen LogP contribution < -0.4 is 5.32 Å². The quantitative estimate of drug-likeness (QED) is 0.647. The number of hydrogen-bond acceptors (Lipinski definition) is 2. The Labute approximate surface area is 174 Å². The molecule has 0 aliphatic carbocycles. The van der Waals surface area contributed by atoms with E-state index in [0.717, 1.165) is 35.9 Å². The van der Waals surface area contributed by atoms with Crippen molar-refractivity contribution in [2.24, 2.45) is 0 Å². The van der Waals surface area contributed by atoms with Gasteiger partial charge in [-0.15, -0.1) is 0 Å². The lowest BCUT2D eigenvalue weighted by atomic mass is 10.1. The van der Waals surface area contributed by atoms with Gasteiger partial charge in [0, 0.05) is 42.3 Å². The van der Waals surface area contributed by atoms with Crippen molar-refractivity contribution in [1.29, 1.82) is 0 Å². The second-order valence-electron chi connectivity index (χ2n) is 7.38. The van der Waals surface area contributed by atoms with Gasteiger partial charge in [0.15, 0.2) is 0 Å². The van der Waals surface area contributed by atoms with E-state index in [0.29, 0.717) is 13.1 Å². The molecule has 1 fully saturated rings. The Morgan fingerprint density at radius 3 is 2.50 bits per heavy atom. The van der Waals surface area contributed by atoms with Gasteiger partial charge in [0.1, 0.15) is 11.5 Å². The number of benzene rings is 2. The Morgan fingerprint density at radius 2 is 1.77 bits per heavy atom. The third-order valence-corrected chi connectivity index (χ3v) is 5.45. The van der Waals surface area contributed by atoms with E-state index in [1.165, 1.54) is 18.2 Å². The molecule has 0 bridgehead atoms. The van der Waals surface area contributed by atoms with E-state index in [4.69, 9.17) is 0 Å². The number of nitrogens with zero attached hydrogens (tertiary/aromatic N) is 2. The molecule has 2 heterocycles. The number of hydrogen-bond donors (Lipinski definition) is 1. The number of halogens is 1. The number of likely N-dealkylation sites (tertiary alicyclic amines) is 1. The van der Waals surface area contributed by atoms with Crippen LogP contribution in [-0.2, 0) is 11.3 Å². The molecule has 0 saturated carbocycles. The van der Waals surface area contributed by atoms with Gasteiger partial charge in [-0.1, -0.05) is 30.3 Å². The van der Waals surface area contributed by atoms with Gasteiger partial charge in [-0.2, -0.15) is 0 Å². The summed E-state index contributed by atoms with van der Waals surface area (Å²) in [6.07, 6.45) is 5.55. The van der Waals surface area contributed by atoms with E-state index < -0.39 is 11.7 Å². The second kappa shape index (κ2) is 8.53. The molecule has 3 aromatic rings. The Bertz CT molecular complexity index is 1130. The smallest absolute Gasteiger partial charge is 0.270 e. The number of nitrogens with one attached hydrogen (secondary N) is 1. The lowest BCUT2D eigenvalue weighted by Crippen LogP contribution is -2.37. The molecule has 0 radical (unpaired) electrons. The number of aryl methyl sites for hydroxylation is 1. The van der Waals surface area contributed by atoms with Gasteiger partial charge in [0.05, 0.1) is 5.56 Å². The highest BCUT2D eigenvalue weighted by molar-refractivity contribution is 6.06. The van der Waals surface area contributed by atoms with Crippen molar-refractivity contribution in [3.05, 3.63) is 77.4 Å². The van der Waals surface area contributed by atoms with Crippen LogP contribution in [0.3, 0.4) is 0 Å². The first-order chi connectivity index (χ1) is 14.6. The minimum Gasteiger partial charge on any atom is -0.347 e. The topological polar surface area (TPSA) is 54.3 Å². The van der Waals surface area contributed by atoms with Gasteiger partial charge in [-0.05, 0) is 44.0 Å². The van der Waals surface area contributed by atoms with Crippen molar-refractivity contribution in [3.63, 3.8) is 0 Å². The predicted molar refractivity (Wildman–Crippen MR) is 115 cm³/mol. The number of rotatable bonds is 5. The molecule has 1 aromatic heterocycles. The zero-order valence-electron chi connectivity index (χ0n) is 16.9. The van der Waals surface area contributed by atoms with Crippen LogP contribution in [0.5, 0.6) is 0 Å². The van der Waals surface area contributed by atoms with Crippen LogP contribution in [0.4, 0.5) is 4.39 Å². The molecule has 0 unspecified atom stereocenters. The average Bonchev–Trinajstić information content (AvgIpc) is 3.41. The number of aromatic nitrogens is 1. The highest BCUT2D eigenvalue weighted by Gasteiger charge is 2.24. The van der Waals surface area contributed by atoms with Crippen LogP contribution in [0.2, 0.25) is 0 Å². The van der Waals surface area contributed by atoms with Gasteiger partial charge < -0.3 is 14.8 Å². The fraction of sp³-hybridized carbons (Fsp3) is 0.250. The molecule has 1 N–H and O–H groups in total. The summed E-state index contributed by atoms with van der Waals surface area (Å²) in [7, 11) is 0. The minimum atomic E-state index is -0.633. The maximum Gasteiger partial charge on any atom is 0.270 e. The van der Waals surface area contributed by atoms with E-state index in [1.807, 2.05) is 30.5 Å². The number of carbonyl (C=O) groups excluding carboxylic acids is 2. The molecule has 4 rings (SSSR count). The van der Waals surface area contributed by atoms with Crippen molar-refractivity contribution >= 4 is 28.8 Å². The highest BCUT2D eigenvalue weighted by atomic mass is 19.1. The van der Waals surface area contributed by atoms with E-state index in [1.54, 1.807) is 17.0 Å². The first-order valence-electron chi connectivity index (χ1n) is 10.2. The highest BCUT2D eigenvalue weighted by Crippen LogP contribution is 2.24. The van der Waals surface area contributed by atoms with E-state index >= 15 is 0 Å². The SMILES string of the molecule is CCn1cc(C=C(NC(=O)c2ccccc2F)C(=O)N2CCCC2)c2ccccc21. The third kappa shape index (κ3) is 3.85. The first-order valence-corrected chi connectivity index (χ1v) is 10.2. The maximum atomic E-state index is 14.1. The molecule has 0 spiro atoms. The second-order valence-corrected chi connectivity index (χ2v) is 7.38. The first kappa shape index (κ1) is 19.9. The fourth-order valence-corrected chi connectivity index (χ4v) is 3.88. The molecule has 5 nitrogen and oxygen atoms in total. The number of para-hydroxylation sites is 1. The zero-order valence-corrected chi connectivity index (χ0v) is 16.9. The molecule has 1 aliphatic rings. The van der Waals surface area contributed by atoms with E-state index in [2.05, 4.69) is 16.8 Å². The molecular weight excluding hydrogens is 381 g/mol. The largest absolute Gasteiger partial charge is 0.347 e. The van der Waals surface area contributed by atoms with Crippen molar-refractivity contribution in [3.8, 4) is 0 Å². The summed E-state index contributed by atoms with van der Waals surface area (Å²) < 4.78 is 16.2. The molecule has 1 saturated heterocycles. The predicted octanol–water partition coefficient (Wildman–Crippen LogP) is 4.19. The van der Waals surface area contributed by atoms with Gasteiger partial charge >= 0.3 is 0 Å². The maximum absolute atomic E-state index is 14.1. The van der Waals surface area contributed by atoms with Crippen LogP contribution in [0.15, 0.2) is 60.4 Å². The Balaban J connectivity index is 1.75. The van der Waals surface area contributed by atoms with Crippen molar-refractivity contribution in [2.45, 2.75) is 26.3 Å². The summed E-state index contributed by atoms with van der Waals surface area (Å²) in [5.41, 5.74) is 1.96. The Kier molecular flexibility index (Phi) is 5.65. The zero-order chi connectivity index (χ0) is 21.1. The Morgan fingerprint density at radius 1 is 1.07 bits per heavy atom. The fourth-order valence-electron chi connectivity index (χ4n) is 3.88. The summed E-state index contributed by atoms with van der Waals surface area (Å²) >= 11 is 0. The molecule has 2 amide bonds. The van der Waals surface area contributed by atoms with Crippen LogP contribution in [0, 0.1) is 5.82 Å². The summed E-state index contributed by atoms with van der Waals surface area (Å²) in [6, 6.07) is 13.7. The minimum absolute atomic E-state index is 0.0893. The van der Waals surface area contributed by atoms with Crippen LogP contribution in [0.1, 0.15) is 35.7 Å². The molecular formula is C24H24FN3O2. The van der Waals surface area contributed by atoms with Crippen molar-refractivity contribution in [2.75, 3.05) is 13.1 Å². The number of amides is 2. The number of carbonyl (C=O) groups is 2. The van der Waals surface area contributed by atoms with E-state index in [-0.39, 0.29) is 17.2 Å². The lowest BCUT2D eigenvalue weighted by Gasteiger charge is -2.18. The monoisotopic (exact) mass is 405 g/mol. The summed E-state index contributed by atoms with van der Waals surface area (Å²) in [5, 5.41) is 3.66. The standard InChI is InChI=1S/C24H24FN3O2/c1-2-27-16-17(18-9-4-6-12-22(18)27)15-21(24(30)28-13-7-8-14-28)26-23(29)19-10-3-5-11-20(19)25/h3-6,9-12,15-16H,2,7-8,13-14H2,1H3,(H,26,29). The van der Waals surface area contributed by atoms with Crippen LogP contribution in [-0.4, -0.2) is 34.4 Å². The Hall–Kier alpha value is -3.41. The van der Waals surface area contributed by atoms with Gasteiger partial charge in [0.25, 0.3) is 11.8 Å². The van der Waals surface area contributed by atoms with Gasteiger partial charge in [-0.25, -0.2) is 4.39 Å². The summed E-state index contributed by atoms with van der Waals surface area (Å²) in [4.78, 5) is 27.6. The lowest BCUT2D eigenvalue weighted by molar-refractivity contribution is -0.126.